The molecule has 1 aromatic carbocycles. The Hall–Kier alpha value is -1.44. The number of rotatable bonds is 1. The molecular weight excluding hydrogens is 170 g/mol. The highest BCUT2D eigenvalue weighted by Crippen LogP contribution is 2.27. The van der Waals surface area contributed by atoms with Crippen LogP contribution < -0.4 is 0 Å². The van der Waals surface area contributed by atoms with Gasteiger partial charge in [0.1, 0.15) is 11.6 Å². The molecule has 0 N–H and O–H groups in total. The van der Waals surface area contributed by atoms with Gasteiger partial charge in [0.15, 0.2) is 0 Å². The standard InChI is InChI=1S/C11H8F2/c12-9-6-3-7-10(13)11(9)8-4-1-2-5-8/h1-4,6-7H,5H2. The smallest absolute Gasteiger partial charge is 0.133 e. The fourth-order valence-electron chi connectivity index (χ4n) is 1.44. The van der Waals surface area contributed by atoms with E-state index in [0.29, 0.717) is 12.0 Å². The Labute approximate surface area is 75.2 Å². The molecule has 1 aliphatic rings. The lowest BCUT2D eigenvalue weighted by molar-refractivity contribution is 0.576. The Kier molecular flexibility index (Phi) is 1.97. The minimum absolute atomic E-state index is 0.104. The van der Waals surface area contributed by atoms with Gasteiger partial charge in [0.05, 0.1) is 0 Å². The number of hydrogen-bond donors (Lipinski definition) is 0. The molecule has 0 radical (unpaired) electrons. The Morgan fingerprint density at radius 2 is 1.77 bits per heavy atom. The largest absolute Gasteiger partial charge is 0.206 e. The molecule has 0 unspecified atom stereocenters. The molecule has 1 aliphatic carbocycles. The molecule has 1 aromatic rings. The Morgan fingerprint density at radius 3 is 2.31 bits per heavy atom. The Bertz CT molecular complexity index is 369. The van der Waals surface area contributed by atoms with Gasteiger partial charge in [-0.25, -0.2) is 8.78 Å². The molecule has 2 heteroatoms. The van der Waals surface area contributed by atoms with Crippen LogP contribution in [-0.2, 0) is 0 Å². The van der Waals surface area contributed by atoms with Crippen LogP contribution in [0.15, 0.2) is 36.4 Å². The summed E-state index contributed by atoms with van der Waals surface area (Å²) in [5.41, 5.74) is 0.808. The second kappa shape index (κ2) is 3.13. The zero-order valence-corrected chi connectivity index (χ0v) is 6.93. The lowest BCUT2D eigenvalue weighted by atomic mass is 10.0. The van der Waals surface area contributed by atoms with Gasteiger partial charge in [-0.1, -0.05) is 24.3 Å². The third-order valence-corrected chi connectivity index (χ3v) is 2.06. The maximum absolute atomic E-state index is 13.2. The molecule has 0 nitrogen and oxygen atoms in total. The normalized spacial score (nSPS) is 14.8. The first-order valence-electron chi connectivity index (χ1n) is 4.09. The van der Waals surface area contributed by atoms with Gasteiger partial charge in [-0.05, 0) is 24.1 Å². The third-order valence-electron chi connectivity index (χ3n) is 2.06. The maximum Gasteiger partial charge on any atom is 0.133 e. The van der Waals surface area contributed by atoms with E-state index in [2.05, 4.69) is 0 Å². The summed E-state index contributed by atoms with van der Waals surface area (Å²) < 4.78 is 26.4. The summed E-state index contributed by atoms with van der Waals surface area (Å²) in [6.45, 7) is 0. The lowest BCUT2D eigenvalue weighted by Crippen LogP contribution is -1.92. The fraction of sp³-hybridized carbons (Fsp3) is 0.0909. The van der Waals surface area contributed by atoms with E-state index in [1.165, 1.54) is 18.2 Å². The third kappa shape index (κ3) is 1.39. The average molecular weight is 178 g/mol. The zero-order chi connectivity index (χ0) is 9.26. The first kappa shape index (κ1) is 8.17. The Morgan fingerprint density at radius 1 is 1.08 bits per heavy atom. The highest BCUT2D eigenvalue weighted by molar-refractivity contribution is 5.71. The molecule has 0 aromatic heterocycles. The zero-order valence-electron chi connectivity index (χ0n) is 6.93. The van der Waals surface area contributed by atoms with Gasteiger partial charge in [0.25, 0.3) is 0 Å². The van der Waals surface area contributed by atoms with E-state index in [1.54, 1.807) is 12.2 Å². The van der Waals surface area contributed by atoms with Gasteiger partial charge in [0, 0.05) is 5.56 Å². The molecule has 0 saturated heterocycles. The van der Waals surface area contributed by atoms with Crippen LogP contribution in [0.3, 0.4) is 0 Å². The van der Waals surface area contributed by atoms with Gasteiger partial charge in [-0.3, -0.25) is 0 Å². The van der Waals surface area contributed by atoms with E-state index < -0.39 is 11.6 Å². The van der Waals surface area contributed by atoms with E-state index in [9.17, 15) is 8.78 Å². The van der Waals surface area contributed by atoms with Crippen LogP contribution in [-0.4, -0.2) is 0 Å². The van der Waals surface area contributed by atoms with Crippen LogP contribution >= 0.6 is 0 Å². The molecule has 0 saturated carbocycles. The van der Waals surface area contributed by atoms with Crippen LogP contribution in [0, 0.1) is 11.6 Å². The molecule has 0 amide bonds. The molecule has 0 spiro atoms. The molecule has 0 bridgehead atoms. The van der Waals surface area contributed by atoms with E-state index in [1.807, 2.05) is 6.08 Å². The summed E-state index contributed by atoms with van der Waals surface area (Å²) in [4.78, 5) is 0. The van der Waals surface area contributed by atoms with Crippen molar-refractivity contribution in [3.05, 3.63) is 53.6 Å². The van der Waals surface area contributed by atoms with E-state index >= 15 is 0 Å². The molecule has 0 aliphatic heterocycles. The highest BCUT2D eigenvalue weighted by Gasteiger charge is 2.13. The number of allylic oxidation sites excluding steroid dienone is 4. The van der Waals surface area contributed by atoms with Crippen LogP contribution in [0.5, 0.6) is 0 Å². The molecule has 13 heavy (non-hydrogen) atoms. The average Bonchev–Trinajstić information content (AvgIpc) is 2.57. The van der Waals surface area contributed by atoms with Crippen LogP contribution in [0.1, 0.15) is 12.0 Å². The van der Waals surface area contributed by atoms with Crippen LogP contribution in [0.4, 0.5) is 8.78 Å². The summed E-state index contributed by atoms with van der Waals surface area (Å²) in [6, 6.07) is 3.92. The molecular formula is C11H8F2. The second-order valence-electron chi connectivity index (χ2n) is 2.92. The quantitative estimate of drug-likeness (QED) is 0.618. The van der Waals surface area contributed by atoms with E-state index in [-0.39, 0.29) is 5.56 Å². The fourth-order valence-corrected chi connectivity index (χ4v) is 1.44. The van der Waals surface area contributed by atoms with Crippen molar-refractivity contribution < 1.29 is 8.78 Å². The van der Waals surface area contributed by atoms with Crippen molar-refractivity contribution in [1.82, 2.24) is 0 Å². The van der Waals surface area contributed by atoms with Gasteiger partial charge < -0.3 is 0 Å². The first-order chi connectivity index (χ1) is 6.29. The number of hydrogen-bond acceptors (Lipinski definition) is 0. The van der Waals surface area contributed by atoms with Crippen molar-refractivity contribution in [3.8, 4) is 0 Å². The van der Waals surface area contributed by atoms with Crippen molar-refractivity contribution in [1.29, 1.82) is 0 Å². The molecule has 0 heterocycles. The van der Waals surface area contributed by atoms with Gasteiger partial charge in [0.2, 0.25) is 0 Å². The topological polar surface area (TPSA) is 0 Å². The molecule has 0 fully saturated rings. The minimum Gasteiger partial charge on any atom is -0.206 e. The molecule has 2 rings (SSSR count). The summed E-state index contributed by atoms with van der Waals surface area (Å²) in [5, 5.41) is 0. The van der Waals surface area contributed by atoms with Gasteiger partial charge in [-0.2, -0.15) is 0 Å². The van der Waals surface area contributed by atoms with E-state index in [0.717, 1.165) is 0 Å². The second-order valence-corrected chi connectivity index (χ2v) is 2.92. The van der Waals surface area contributed by atoms with Crippen molar-refractivity contribution in [2.75, 3.05) is 0 Å². The van der Waals surface area contributed by atoms with Crippen molar-refractivity contribution >= 4 is 5.57 Å². The van der Waals surface area contributed by atoms with Crippen LogP contribution in [0.25, 0.3) is 5.57 Å². The lowest BCUT2D eigenvalue weighted by Gasteiger charge is -2.04. The summed E-state index contributed by atoms with van der Waals surface area (Å²) in [6.07, 6.45) is 6.03. The van der Waals surface area contributed by atoms with Crippen molar-refractivity contribution in [3.63, 3.8) is 0 Å². The Balaban J connectivity index is 2.50. The van der Waals surface area contributed by atoms with Crippen LogP contribution in [0.2, 0.25) is 0 Å². The first-order valence-corrected chi connectivity index (χ1v) is 4.09. The minimum atomic E-state index is -0.491. The SMILES string of the molecule is Fc1cccc(F)c1C1=CC=CC1. The summed E-state index contributed by atoms with van der Waals surface area (Å²) in [7, 11) is 0. The maximum atomic E-state index is 13.2. The molecule has 0 atom stereocenters. The number of halogens is 2. The van der Waals surface area contributed by atoms with Gasteiger partial charge >= 0.3 is 0 Å². The predicted octanol–water partition coefficient (Wildman–Crippen LogP) is 3.31. The monoisotopic (exact) mass is 178 g/mol. The summed E-state index contributed by atoms with van der Waals surface area (Å²) >= 11 is 0. The van der Waals surface area contributed by atoms with Crippen molar-refractivity contribution in [2.24, 2.45) is 0 Å². The number of benzene rings is 1. The van der Waals surface area contributed by atoms with E-state index in [4.69, 9.17) is 0 Å². The highest BCUT2D eigenvalue weighted by atomic mass is 19.1. The predicted molar refractivity (Wildman–Crippen MR) is 48.1 cm³/mol. The molecule has 66 valence electrons. The summed E-state index contributed by atoms with van der Waals surface area (Å²) in [5.74, 6) is -0.982. The van der Waals surface area contributed by atoms with Gasteiger partial charge in [-0.15, -0.1) is 0 Å². The van der Waals surface area contributed by atoms with Crippen molar-refractivity contribution in [2.45, 2.75) is 6.42 Å².